The van der Waals surface area contributed by atoms with Crippen molar-refractivity contribution in [2.75, 3.05) is 27.3 Å². The molecular weight excluding hydrogens is 477 g/mol. The lowest BCUT2D eigenvalue weighted by atomic mass is 9.98. The molecule has 0 spiro atoms. The minimum absolute atomic E-state index is 0.0963. The Bertz CT molecular complexity index is 1150. The van der Waals surface area contributed by atoms with E-state index in [-0.39, 0.29) is 41.4 Å². The molecule has 2 aromatic rings. The van der Waals surface area contributed by atoms with Crippen molar-refractivity contribution in [3.8, 4) is 11.5 Å². The fourth-order valence-corrected chi connectivity index (χ4v) is 5.16. The molecule has 0 bridgehead atoms. The summed E-state index contributed by atoms with van der Waals surface area (Å²) in [4.78, 5) is 24.7. The number of rotatable bonds is 6. The molecule has 0 unspecified atom stereocenters. The van der Waals surface area contributed by atoms with Gasteiger partial charge in [0.25, 0.3) is 5.91 Å². The lowest BCUT2D eigenvalue weighted by Gasteiger charge is -2.30. The van der Waals surface area contributed by atoms with E-state index in [1.807, 2.05) is 0 Å². The van der Waals surface area contributed by atoms with E-state index < -0.39 is 33.6 Å². The second-order valence-corrected chi connectivity index (χ2v) is 9.61. The van der Waals surface area contributed by atoms with Crippen LogP contribution in [-0.4, -0.2) is 51.8 Å². The van der Waals surface area contributed by atoms with Gasteiger partial charge >= 0.3 is 0 Å². The van der Waals surface area contributed by atoms with Crippen molar-refractivity contribution in [2.24, 2.45) is 5.92 Å². The molecule has 33 heavy (non-hydrogen) atoms. The Hall–Kier alpha value is -2.89. The molecule has 2 N–H and O–H groups in total. The number of carbonyl (C=O) groups is 2. The van der Waals surface area contributed by atoms with E-state index in [1.54, 1.807) is 6.07 Å². The molecule has 0 aliphatic carbocycles. The number of hydrogen-bond acceptors (Lipinski definition) is 6. The Balaban J connectivity index is 1.55. The van der Waals surface area contributed by atoms with Gasteiger partial charge in [0.1, 0.15) is 5.82 Å². The molecule has 3 rings (SSSR count). The normalized spacial score (nSPS) is 15.0. The van der Waals surface area contributed by atoms with E-state index in [2.05, 4.69) is 10.9 Å². The molecule has 1 aliphatic heterocycles. The van der Waals surface area contributed by atoms with Gasteiger partial charge in [-0.1, -0.05) is 11.6 Å². The number of sulfonamides is 1. The Morgan fingerprint density at radius 2 is 1.70 bits per heavy atom. The van der Waals surface area contributed by atoms with E-state index in [0.29, 0.717) is 11.5 Å². The molecule has 1 aliphatic rings. The largest absolute Gasteiger partial charge is 0.493 e. The van der Waals surface area contributed by atoms with Crippen LogP contribution in [0.25, 0.3) is 0 Å². The summed E-state index contributed by atoms with van der Waals surface area (Å²) in [6.45, 7) is 0.193. The van der Waals surface area contributed by atoms with Crippen LogP contribution in [0.3, 0.4) is 0 Å². The fourth-order valence-electron chi connectivity index (χ4n) is 3.41. The quantitative estimate of drug-likeness (QED) is 0.590. The van der Waals surface area contributed by atoms with Crippen molar-refractivity contribution in [1.29, 1.82) is 0 Å². The SMILES string of the molecule is COc1ccc(C(=O)NNC(=O)C2CCN(S(=O)(=O)c3ccc(F)c(Cl)c3)CC2)cc1OC. The second kappa shape index (κ2) is 10.4. The number of halogens is 2. The molecule has 12 heteroatoms. The van der Waals surface area contributed by atoms with E-state index >= 15 is 0 Å². The Morgan fingerprint density at radius 3 is 2.30 bits per heavy atom. The van der Waals surface area contributed by atoms with Gasteiger partial charge in [0.2, 0.25) is 15.9 Å². The topological polar surface area (TPSA) is 114 Å². The molecule has 1 heterocycles. The molecular formula is C21H23ClFN3O6S. The summed E-state index contributed by atoms with van der Waals surface area (Å²) in [5.41, 5.74) is 4.98. The summed E-state index contributed by atoms with van der Waals surface area (Å²) in [5.74, 6) is -1.33. The zero-order valence-corrected chi connectivity index (χ0v) is 19.5. The van der Waals surface area contributed by atoms with Crippen molar-refractivity contribution in [3.05, 3.63) is 52.8 Å². The summed E-state index contributed by atoms with van der Waals surface area (Å²) in [7, 11) is -0.948. The number of methoxy groups -OCH3 is 2. The average Bonchev–Trinajstić information content (AvgIpc) is 2.83. The van der Waals surface area contributed by atoms with Gasteiger partial charge in [-0.05, 0) is 49.2 Å². The zero-order valence-electron chi connectivity index (χ0n) is 17.9. The molecule has 2 aromatic carbocycles. The molecule has 2 amide bonds. The van der Waals surface area contributed by atoms with Crippen LogP contribution in [0, 0.1) is 11.7 Å². The van der Waals surface area contributed by atoms with Gasteiger partial charge in [-0.3, -0.25) is 20.4 Å². The third-order valence-corrected chi connectivity index (χ3v) is 7.48. The summed E-state index contributed by atoms with van der Waals surface area (Å²) in [6, 6.07) is 7.78. The minimum atomic E-state index is -3.87. The second-order valence-electron chi connectivity index (χ2n) is 7.27. The van der Waals surface area contributed by atoms with Crippen LogP contribution in [-0.2, 0) is 14.8 Å². The maximum absolute atomic E-state index is 13.4. The van der Waals surface area contributed by atoms with Gasteiger partial charge in [0, 0.05) is 24.6 Å². The average molecular weight is 500 g/mol. The van der Waals surface area contributed by atoms with Crippen molar-refractivity contribution in [3.63, 3.8) is 0 Å². The van der Waals surface area contributed by atoms with Crippen LogP contribution in [0.4, 0.5) is 4.39 Å². The van der Waals surface area contributed by atoms with Crippen molar-refractivity contribution in [1.82, 2.24) is 15.2 Å². The first kappa shape index (κ1) is 24.7. The van der Waals surface area contributed by atoms with Gasteiger partial charge in [-0.25, -0.2) is 12.8 Å². The third-order valence-electron chi connectivity index (χ3n) is 5.30. The Kier molecular flexibility index (Phi) is 7.77. The summed E-state index contributed by atoms with van der Waals surface area (Å²) in [5, 5.41) is -0.282. The summed E-state index contributed by atoms with van der Waals surface area (Å²) < 4.78 is 50.4. The number of amides is 2. The van der Waals surface area contributed by atoms with Crippen LogP contribution >= 0.6 is 11.6 Å². The highest BCUT2D eigenvalue weighted by molar-refractivity contribution is 7.89. The highest BCUT2D eigenvalue weighted by atomic mass is 35.5. The molecule has 0 aromatic heterocycles. The molecule has 1 saturated heterocycles. The van der Waals surface area contributed by atoms with Gasteiger partial charge in [0.15, 0.2) is 11.5 Å². The van der Waals surface area contributed by atoms with Gasteiger partial charge < -0.3 is 9.47 Å². The number of nitrogens with one attached hydrogen (secondary N) is 2. The van der Waals surface area contributed by atoms with Crippen molar-refractivity contribution in [2.45, 2.75) is 17.7 Å². The van der Waals surface area contributed by atoms with Crippen molar-refractivity contribution < 1.29 is 31.9 Å². The highest BCUT2D eigenvalue weighted by Crippen LogP contribution is 2.28. The summed E-state index contributed by atoms with van der Waals surface area (Å²) >= 11 is 5.70. The van der Waals surface area contributed by atoms with E-state index in [0.717, 1.165) is 18.2 Å². The number of ether oxygens (including phenoxy) is 2. The third kappa shape index (κ3) is 5.55. The van der Waals surface area contributed by atoms with E-state index in [9.17, 15) is 22.4 Å². The molecule has 178 valence electrons. The predicted octanol–water partition coefficient (Wildman–Crippen LogP) is 2.36. The number of hydrazine groups is 1. The van der Waals surface area contributed by atoms with Crippen LogP contribution in [0.2, 0.25) is 5.02 Å². The number of hydrogen-bond donors (Lipinski definition) is 2. The van der Waals surface area contributed by atoms with Gasteiger partial charge in [-0.2, -0.15) is 4.31 Å². The maximum Gasteiger partial charge on any atom is 0.269 e. The molecule has 0 atom stereocenters. The first-order chi connectivity index (χ1) is 15.7. The lowest BCUT2D eigenvalue weighted by molar-refractivity contribution is -0.126. The summed E-state index contributed by atoms with van der Waals surface area (Å²) in [6.07, 6.45) is 0.512. The van der Waals surface area contributed by atoms with Gasteiger partial charge in [0.05, 0.1) is 24.1 Å². The lowest BCUT2D eigenvalue weighted by Crippen LogP contribution is -2.48. The van der Waals surface area contributed by atoms with Crippen LogP contribution < -0.4 is 20.3 Å². The monoisotopic (exact) mass is 499 g/mol. The molecule has 1 fully saturated rings. The predicted molar refractivity (Wildman–Crippen MR) is 118 cm³/mol. The van der Waals surface area contributed by atoms with E-state index in [1.165, 1.54) is 30.7 Å². The number of nitrogens with zero attached hydrogens (tertiary/aromatic N) is 1. The molecule has 9 nitrogen and oxygen atoms in total. The fraction of sp³-hybridized carbons (Fsp3) is 0.333. The number of piperidine rings is 1. The Morgan fingerprint density at radius 1 is 1.03 bits per heavy atom. The minimum Gasteiger partial charge on any atom is -0.493 e. The first-order valence-corrected chi connectivity index (χ1v) is 11.8. The smallest absolute Gasteiger partial charge is 0.269 e. The molecule has 0 saturated carbocycles. The Labute approximate surface area is 195 Å². The standard InChI is InChI=1S/C21H23ClFN3O6S/c1-31-18-6-3-14(11-19(18)32-2)21(28)25-24-20(27)13-7-9-26(10-8-13)33(29,30)15-4-5-17(23)16(22)12-15/h3-6,11-13H,7-10H2,1-2H3,(H,24,27)(H,25,28). The zero-order chi connectivity index (χ0) is 24.2. The van der Waals surface area contributed by atoms with Gasteiger partial charge in [-0.15, -0.1) is 0 Å². The number of benzene rings is 2. The van der Waals surface area contributed by atoms with E-state index in [4.69, 9.17) is 21.1 Å². The highest BCUT2D eigenvalue weighted by Gasteiger charge is 2.32. The van der Waals surface area contributed by atoms with Crippen LogP contribution in [0.1, 0.15) is 23.2 Å². The molecule has 0 radical (unpaired) electrons. The number of carbonyl (C=O) groups excluding carboxylic acids is 2. The van der Waals surface area contributed by atoms with Crippen LogP contribution in [0.5, 0.6) is 11.5 Å². The van der Waals surface area contributed by atoms with Crippen molar-refractivity contribution >= 4 is 33.4 Å². The van der Waals surface area contributed by atoms with Crippen LogP contribution in [0.15, 0.2) is 41.3 Å². The first-order valence-electron chi connectivity index (χ1n) is 9.94. The maximum atomic E-state index is 13.4.